The summed E-state index contributed by atoms with van der Waals surface area (Å²) in [6.07, 6.45) is -4.41. The molecule has 0 unspecified atom stereocenters. The summed E-state index contributed by atoms with van der Waals surface area (Å²) in [7, 11) is 0. The number of benzene rings is 1. The molecule has 0 saturated carbocycles. The zero-order chi connectivity index (χ0) is 22.2. The van der Waals surface area contributed by atoms with Gasteiger partial charge in [-0.3, -0.25) is 0 Å². The maximum Gasteiger partial charge on any atom is 0.419 e. The molecule has 1 aliphatic rings. The van der Waals surface area contributed by atoms with Crippen LogP contribution in [0.15, 0.2) is 30.5 Å². The first-order valence-corrected chi connectivity index (χ1v) is 9.72. The van der Waals surface area contributed by atoms with Gasteiger partial charge in [0.2, 0.25) is 0 Å². The molecular weight excluding hydrogens is 414 g/mol. The van der Waals surface area contributed by atoms with Gasteiger partial charge in [-0.05, 0) is 19.1 Å². The molecule has 164 valence electrons. The Morgan fingerprint density at radius 2 is 1.90 bits per heavy atom. The molecule has 3 heterocycles. The first-order valence-electron chi connectivity index (χ1n) is 9.72. The molecule has 11 heteroatoms. The van der Waals surface area contributed by atoms with Gasteiger partial charge in [-0.25, -0.2) is 9.37 Å². The highest BCUT2D eigenvalue weighted by molar-refractivity contribution is 5.94. The third kappa shape index (κ3) is 4.23. The van der Waals surface area contributed by atoms with Crippen molar-refractivity contribution in [1.82, 2.24) is 20.5 Å². The molecule has 4 rings (SSSR count). The zero-order valence-electron chi connectivity index (χ0n) is 16.7. The lowest BCUT2D eigenvalue weighted by molar-refractivity contribution is -0.140. The van der Waals surface area contributed by atoms with Crippen LogP contribution in [0.2, 0.25) is 0 Å². The molecule has 0 radical (unpaired) electrons. The molecule has 31 heavy (non-hydrogen) atoms. The van der Waals surface area contributed by atoms with Crippen LogP contribution in [0.4, 0.5) is 29.2 Å². The van der Waals surface area contributed by atoms with Crippen molar-refractivity contribution >= 4 is 22.4 Å². The Morgan fingerprint density at radius 3 is 2.61 bits per heavy atom. The number of hydrogen-bond donors (Lipinski definition) is 3. The average molecular weight is 435 g/mol. The zero-order valence-corrected chi connectivity index (χ0v) is 16.7. The van der Waals surface area contributed by atoms with Gasteiger partial charge in [-0.15, -0.1) is 5.10 Å². The van der Waals surface area contributed by atoms with E-state index in [9.17, 15) is 17.6 Å². The molecule has 0 bridgehead atoms. The summed E-state index contributed by atoms with van der Waals surface area (Å²) < 4.78 is 53.7. The van der Waals surface area contributed by atoms with Crippen LogP contribution in [0.25, 0.3) is 10.8 Å². The normalized spacial score (nSPS) is 15.9. The van der Waals surface area contributed by atoms with E-state index in [1.54, 1.807) is 13.1 Å². The first kappa shape index (κ1) is 21.2. The van der Waals surface area contributed by atoms with Crippen LogP contribution in [0.5, 0.6) is 0 Å². The summed E-state index contributed by atoms with van der Waals surface area (Å²) in [5, 5.41) is 15.6. The summed E-state index contributed by atoms with van der Waals surface area (Å²) in [6, 6.07) is 4.84. The second-order valence-corrected chi connectivity index (χ2v) is 7.29. The van der Waals surface area contributed by atoms with Crippen molar-refractivity contribution in [3.63, 3.8) is 0 Å². The van der Waals surface area contributed by atoms with E-state index in [1.807, 2.05) is 6.07 Å². The van der Waals surface area contributed by atoms with E-state index < -0.39 is 23.7 Å². The van der Waals surface area contributed by atoms with Crippen molar-refractivity contribution in [2.24, 2.45) is 5.73 Å². The molecule has 0 aliphatic carbocycles. The number of piperazine rings is 1. The lowest BCUT2D eigenvalue weighted by Crippen LogP contribution is -2.43. The van der Waals surface area contributed by atoms with Gasteiger partial charge in [0.1, 0.15) is 17.8 Å². The quantitative estimate of drug-likeness (QED) is 0.429. The van der Waals surface area contributed by atoms with Crippen LogP contribution >= 0.6 is 0 Å². The van der Waals surface area contributed by atoms with Gasteiger partial charge in [0, 0.05) is 48.7 Å². The first-order chi connectivity index (χ1) is 14.8. The molecule has 1 atom stereocenters. The smallest absolute Gasteiger partial charge is 0.354 e. The molecule has 7 nitrogen and oxygen atoms in total. The van der Waals surface area contributed by atoms with Gasteiger partial charge in [-0.2, -0.15) is 18.3 Å². The number of alkyl halides is 3. The molecular formula is C20H21F4N7. The lowest BCUT2D eigenvalue weighted by atomic mass is 10.1. The number of nitrogens with one attached hydrogen (secondary N) is 2. The topological polar surface area (TPSA) is 92.0 Å². The minimum absolute atomic E-state index is 0.240. The van der Waals surface area contributed by atoms with Crippen molar-refractivity contribution in [3.05, 3.63) is 53.1 Å². The van der Waals surface area contributed by atoms with E-state index in [4.69, 9.17) is 5.73 Å². The van der Waals surface area contributed by atoms with Gasteiger partial charge < -0.3 is 21.3 Å². The molecule has 1 aromatic carbocycles. The predicted molar refractivity (Wildman–Crippen MR) is 109 cm³/mol. The SMILES string of the molecule is Cc1nnc(N[C@H](N)c2cccc(C(F)(F)F)c2F)c2cc(N3CCNCC3)ncc12. The number of nitrogens with two attached hydrogens (primary N) is 1. The maximum atomic E-state index is 14.5. The van der Waals surface area contributed by atoms with E-state index >= 15 is 0 Å². The molecule has 4 N–H and O–H groups in total. The number of halogens is 4. The Bertz CT molecular complexity index is 1100. The summed E-state index contributed by atoms with van der Waals surface area (Å²) in [4.78, 5) is 6.62. The Hall–Kier alpha value is -3.05. The summed E-state index contributed by atoms with van der Waals surface area (Å²) in [5.74, 6) is -0.436. The fourth-order valence-corrected chi connectivity index (χ4v) is 3.57. The third-order valence-electron chi connectivity index (χ3n) is 5.24. The minimum Gasteiger partial charge on any atom is -0.354 e. The summed E-state index contributed by atoms with van der Waals surface area (Å²) in [6.45, 7) is 5.01. The van der Waals surface area contributed by atoms with Crippen LogP contribution in [-0.2, 0) is 6.18 Å². The molecule has 2 aromatic heterocycles. The van der Waals surface area contributed by atoms with Crippen LogP contribution in [-0.4, -0.2) is 41.4 Å². The molecule has 3 aromatic rings. The molecule has 1 saturated heterocycles. The second kappa shape index (κ2) is 8.23. The van der Waals surface area contributed by atoms with Crippen LogP contribution < -0.4 is 21.3 Å². The van der Waals surface area contributed by atoms with Crippen LogP contribution in [0.3, 0.4) is 0 Å². The number of aromatic nitrogens is 3. The highest BCUT2D eigenvalue weighted by Gasteiger charge is 2.35. The fraction of sp³-hybridized carbons (Fsp3) is 0.350. The predicted octanol–water partition coefficient (Wildman–Crippen LogP) is 2.97. The van der Waals surface area contributed by atoms with Gasteiger partial charge in [-0.1, -0.05) is 12.1 Å². The maximum absolute atomic E-state index is 14.5. The number of rotatable bonds is 4. The van der Waals surface area contributed by atoms with Gasteiger partial charge in [0.05, 0.1) is 11.3 Å². The highest BCUT2D eigenvalue weighted by Crippen LogP contribution is 2.34. The average Bonchev–Trinajstić information content (AvgIpc) is 2.75. The Balaban J connectivity index is 1.70. The lowest BCUT2D eigenvalue weighted by Gasteiger charge is -2.28. The minimum atomic E-state index is -4.82. The number of fused-ring (bicyclic) bond motifs is 1. The number of nitrogens with zero attached hydrogens (tertiary/aromatic N) is 4. The standard InChI is InChI=1S/C20H21F4N7/c1-11-14-10-27-16(31-7-5-26-6-8-31)9-13(14)19(30-29-11)28-18(25)12-3-2-4-15(17(12)21)20(22,23)24/h2-4,9-10,18,26H,5-8,25H2,1H3,(H,28,30)/t18-/m0/s1. The number of anilines is 2. The number of pyridine rings is 1. The van der Waals surface area contributed by atoms with Crippen molar-refractivity contribution in [2.75, 3.05) is 36.4 Å². The van der Waals surface area contributed by atoms with Crippen molar-refractivity contribution in [2.45, 2.75) is 19.3 Å². The van der Waals surface area contributed by atoms with Gasteiger partial charge in [0.15, 0.2) is 5.82 Å². The summed E-state index contributed by atoms with van der Waals surface area (Å²) >= 11 is 0. The van der Waals surface area contributed by atoms with Crippen molar-refractivity contribution in [1.29, 1.82) is 0 Å². The van der Waals surface area contributed by atoms with E-state index in [0.717, 1.165) is 38.1 Å². The monoisotopic (exact) mass is 435 g/mol. The Morgan fingerprint density at radius 1 is 1.16 bits per heavy atom. The fourth-order valence-electron chi connectivity index (χ4n) is 3.57. The van der Waals surface area contributed by atoms with Crippen molar-refractivity contribution < 1.29 is 17.6 Å². The Labute approximate surface area is 175 Å². The highest BCUT2D eigenvalue weighted by atomic mass is 19.4. The van der Waals surface area contributed by atoms with E-state index in [1.165, 1.54) is 6.07 Å². The molecule has 0 amide bonds. The molecule has 0 spiro atoms. The third-order valence-corrected chi connectivity index (χ3v) is 5.24. The van der Waals surface area contributed by atoms with Crippen LogP contribution in [0, 0.1) is 12.7 Å². The summed E-state index contributed by atoms with van der Waals surface area (Å²) in [5.41, 5.74) is 4.98. The number of aryl methyl sites for hydroxylation is 1. The van der Waals surface area contributed by atoms with Gasteiger partial charge >= 0.3 is 6.18 Å². The molecule has 1 aliphatic heterocycles. The number of hydrogen-bond acceptors (Lipinski definition) is 7. The van der Waals surface area contributed by atoms with Gasteiger partial charge in [0.25, 0.3) is 0 Å². The largest absolute Gasteiger partial charge is 0.419 e. The van der Waals surface area contributed by atoms with E-state index in [0.29, 0.717) is 22.5 Å². The van der Waals surface area contributed by atoms with E-state index in [-0.39, 0.29) is 11.4 Å². The molecule has 1 fully saturated rings. The second-order valence-electron chi connectivity index (χ2n) is 7.29. The van der Waals surface area contributed by atoms with Crippen LogP contribution in [0.1, 0.15) is 23.0 Å². The Kier molecular flexibility index (Phi) is 5.63. The van der Waals surface area contributed by atoms with E-state index in [2.05, 4.69) is 30.7 Å². The van der Waals surface area contributed by atoms with Crippen molar-refractivity contribution in [3.8, 4) is 0 Å².